The molecule has 0 unspecified atom stereocenters. The first kappa shape index (κ1) is 39.5. The fourth-order valence-electron chi connectivity index (χ4n) is 3.39. The van der Waals surface area contributed by atoms with Gasteiger partial charge in [-0.15, -0.1) is 0 Å². The topological polar surface area (TPSA) is 284 Å². The summed E-state index contributed by atoms with van der Waals surface area (Å²) in [5.74, 6) is -6.46. The van der Waals surface area contributed by atoms with E-state index in [1.807, 2.05) is 0 Å². The van der Waals surface area contributed by atoms with Crippen molar-refractivity contribution in [2.24, 2.45) is 11.7 Å². The predicted molar refractivity (Wildman–Crippen MR) is 153 cm³/mol. The number of aliphatic hydroxyl groups excluding tert-OH is 1. The van der Waals surface area contributed by atoms with Gasteiger partial charge in [0.25, 0.3) is 0 Å². The van der Waals surface area contributed by atoms with Gasteiger partial charge in [-0.25, -0.2) is 4.79 Å². The third-order valence-electron chi connectivity index (χ3n) is 5.45. The first-order valence-electron chi connectivity index (χ1n) is 13.8. The summed E-state index contributed by atoms with van der Waals surface area (Å²) < 4.78 is 5.08. The van der Waals surface area contributed by atoms with Gasteiger partial charge in [0.2, 0.25) is 35.4 Å². The molecule has 7 amide bonds. The van der Waals surface area contributed by atoms with Gasteiger partial charge in [-0.05, 0) is 46.5 Å². The summed E-state index contributed by atoms with van der Waals surface area (Å²) in [5.41, 5.74) is 4.32. The number of carboxylic acid groups (broad SMARTS) is 1. The Morgan fingerprint density at radius 2 is 1.30 bits per heavy atom. The second-order valence-corrected chi connectivity index (χ2v) is 11.3. The van der Waals surface area contributed by atoms with E-state index in [2.05, 4.69) is 31.9 Å². The maximum absolute atomic E-state index is 12.9. The number of aliphatic hydroxyl groups is 1. The molecule has 0 aromatic rings. The highest BCUT2D eigenvalue weighted by molar-refractivity contribution is 5.95. The lowest BCUT2D eigenvalue weighted by molar-refractivity contribution is -0.138. The number of alkyl carbamates (subject to hydrolysis) is 1. The number of nitrogens with one attached hydrogen (secondary N) is 6. The van der Waals surface area contributed by atoms with E-state index in [-0.39, 0.29) is 25.2 Å². The molecule has 0 aromatic heterocycles. The molecule has 0 aliphatic heterocycles. The van der Waals surface area contributed by atoms with Crippen molar-refractivity contribution in [1.29, 1.82) is 0 Å². The van der Waals surface area contributed by atoms with Crippen LogP contribution in [-0.4, -0.2) is 107 Å². The van der Waals surface area contributed by atoms with Crippen LogP contribution in [0, 0.1) is 5.92 Å². The first-order chi connectivity index (χ1) is 20.2. The standard InChI is InChI=1S/C26H45N7O11/c1-13(2)9-16(22(40)29-11-20(37)38)31-19(36)10-28-23(41)17(12-34)33-24(42)15(7-8-18(27)35)32-21(39)14(3)30-25(43)44-26(4,5)6/h13-17,34H,7-12H2,1-6H3,(H2,27,35)(H,28,41)(H,29,40)(H,30,43)(H,31,36)(H,32,39)(H,33,42)(H,37,38)/t14-,15-,16-,17-/m0/s1. The van der Waals surface area contributed by atoms with Crippen molar-refractivity contribution in [3.8, 4) is 0 Å². The van der Waals surface area contributed by atoms with Crippen LogP contribution in [0.15, 0.2) is 0 Å². The number of hydrogen-bond acceptors (Lipinski definition) is 10. The van der Waals surface area contributed by atoms with E-state index in [0.29, 0.717) is 0 Å². The number of aliphatic carboxylic acids is 1. The molecule has 10 N–H and O–H groups in total. The Morgan fingerprint density at radius 3 is 1.80 bits per heavy atom. The summed E-state index contributed by atoms with van der Waals surface area (Å²) in [7, 11) is 0. The number of hydrogen-bond donors (Lipinski definition) is 9. The van der Waals surface area contributed by atoms with Gasteiger partial charge in [0.05, 0.1) is 13.2 Å². The quantitative estimate of drug-likeness (QED) is 0.0733. The molecular weight excluding hydrogens is 586 g/mol. The molecule has 0 fully saturated rings. The van der Waals surface area contributed by atoms with E-state index < -0.39 is 97.0 Å². The summed E-state index contributed by atoms with van der Waals surface area (Å²) in [5, 5.41) is 32.1. The number of rotatable bonds is 18. The molecule has 18 nitrogen and oxygen atoms in total. The molecular formula is C26H45N7O11. The average molecular weight is 632 g/mol. The monoisotopic (exact) mass is 631 g/mol. The van der Waals surface area contributed by atoms with Gasteiger partial charge in [0, 0.05) is 6.42 Å². The number of primary amides is 1. The summed E-state index contributed by atoms with van der Waals surface area (Å²) in [6.07, 6.45) is -1.34. The van der Waals surface area contributed by atoms with Crippen LogP contribution >= 0.6 is 0 Å². The third kappa shape index (κ3) is 17.5. The normalized spacial score (nSPS) is 13.7. The molecule has 0 bridgehead atoms. The Bertz CT molecular complexity index is 1060. The highest BCUT2D eigenvalue weighted by Gasteiger charge is 2.30. The van der Waals surface area contributed by atoms with Gasteiger partial charge in [-0.2, -0.15) is 0 Å². The van der Waals surface area contributed by atoms with Crippen molar-refractivity contribution in [3.05, 3.63) is 0 Å². The van der Waals surface area contributed by atoms with Gasteiger partial charge < -0.3 is 52.6 Å². The average Bonchev–Trinajstić information content (AvgIpc) is 2.88. The van der Waals surface area contributed by atoms with Crippen LogP contribution < -0.4 is 37.6 Å². The molecule has 0 saturated heterocycles. The predicted octanol–water partition coefficient (Wildman–Crippen LogP) is -3.03. The maximum Gasteiger partial charge on any atom is 0.408 e. The second kappa shape index (κ2) is 18.9. The van der Waals surface area contributed by atoms with E-state index in [0.717, 1.165) is 0 Å². The molecule has 0 aliphatic rings. The Labute approximate surface area is 254 Å². The first-order valence-corrected chi connectivity index (χ1v) is 13.8. The number of carboxylic acids is 1. The van der Waals surface area contributed by atoms with Crippen molar-refractivity contribution < 1.29 is 53.3 Å². The van der Waals surface area contributed by atoms with Crippen LogP contribution in [0.1, 0.15) is 60.8 Å². The minimum atomic E-state index is -1.59. The summed E-state index contributed by atoms with van der Waals surface area (Å²) in [4.78, 5) is 96.9. The molecule has 18 heteroatoms. The van der Waals surface area contributed by atoms with Crippen LogP contribution in [0.5, 0.6) is 0 Å². The molecule has 0 aromatic carbocycles. The Balaban J connectivity index is 5.31. The van der Waals surface area contributed by atoms with Crippen LogP contribution in [0.3, 0.4) is 0 Å². The van der Waals surface area contributed by atoms with Gasteiger partial charge in [-0.1, -0.05) is 13.8 Å². The lowest BCUT2D eigenvalue weighted by atomic mass is 10.0. The highest BCUT2D eigenvalue weighted by atomic mass is 16.6. The number of nitrogens with two attached hydrogens (primary N) is 1. The number of carbonyl (C=O) groups excluding carboxylic acids is 7. The highest BCUT2D eigenvalue weighted by Crippen LogP contribution is 2.07. The van der Waals surface area contributed by atoms with E-state index >= 15 is 0 Å². The van der Waals surface area contributed by atoms with Crippen LogP contribution in [0.25, 0.3) is 0 Å². The zero-order chi connectivity index (χ0) is 34.2. The molecule has 0 spiro atoms. The maximum atomic E-state index is 12.9. The minimum absolute atomic E-state index is 0.0569. The molecule has 44 heavy (non-hydrogen) atoms. The third-order valence-corrected chi connectivity index (χ3v) is 5.45. The largest absolute Gasteiger partial charge is 0.480 e. The number of amides is 7. The number of ether oxygens (including phenoxy) is 1. The van der Waals surface area contributed by atoms with Gasteiger partial charge in [0.1, 0.15) is 36.3 Å². The summed E-state index contributed by atoms with van der Waals surface area (Å²) in [6.45, 7) is 7.49. The van der Waals surface area contributed by atoms with E-state index in [1.54, 1.807) is 34.6 Å². The van der Waals surface area contributed by atoms with Crippen LogP contribution in [-0.2, 0) is 38.3 Å². The summed E-state index contributed by atoms with van der Waals surface area (Å²) in [6, 6.07) is -5.26. The van der Waals surface area contributed by atoms with Gasteiger partial charge in [0.15, 0.2) is 0 Å². The van der Waals surface area contributed by atoms with Crippen molar-refractivity contribution >= 4 is 47.5 Å². The fraction of sp³-hybridized carbons (Fsp3) is 0.692. The fourth-order valence-corrected chi connectivity index (χ4v) is 3.39. The lowest BCUT2D eigenvalue weighted by Crippen LogP contribution is -2.58. The Morgan fingerprint density at radius 1 is 0.750 bits per heavy atom. The molecule has 250 valence electrons. The molecule has 0 rings (SSSR count). The zero-order valence-corrected chi connectivity index (χ0v) is 25.8. The van der Waals surface area contributed by atoms with Gasteiger partial charge in [-0.3, -0.25) is 33.6 Å². The van der Waals surface area contributed by atoms with Gasteiger partial charge >= 0.3 is 12.1 Å². The minimum Gasteiger partial charge on any atom is -0.480 e. The molecule has 0 aliphatic carbocycles. The smallest absolute Gasteiger partial charge is 0.408 e. The van der Waals surface area contributed by atoms with Crippen molar-refractivity contribution in [2.75, 3.05) is 19.7 Å². The Kier molecular flexibility index (Phi) is 17.0. The SMILES string of the molecule is CC(C)C[C@H](NC(=O)CNC(=O)[C@H](CO)NC(=O)[C@H](CCC(N)=O)NC(=O)[C@H](C)NC(=O)OC(C)(C)C)C(=O)NCC(=O)O. The van der Waals surface area contributed by atoms with Crippen molar-refractivity contribution in [1.82, 2.24) is 31.9 Å². The van der Waals surface area contributed by atoms with Crippen molar-refractivity contribution in [2.45, 2.75) is 90.6 Å². The second-order valence-electron chi connectivity index (χ2n) is 11.3. The zero-order valence-electron chi connectivity index (χ0n) is 25.8. The van der Waals surface area contributed by atoms with E-state index in [4.69, 9.17) is 15.6 Å². The molecule has 0 radical (unpaired) electrons. The molecule has 0 saturated carbocycles. The molecule has 0 heterocycles. The van der Waals surface area contributed by atoms with Crippen LogP contribution in [0.2, 0.25) is 0 Å². The van der Waals surface area contributed by atoms with Crippen molar-refractivity contribution in [3.63, 3.8) is 0 Å². The number of carbonyl (C=O) groups is 8. The van der Waals surface area contributed by atoms with E-state index in [9.17, 15) is 43.5 Å². The Hall–Kier alpha value is -4.48. The van der Waals surface area contributed by atoms with Crippen LogP contribution in [0.4, 0.5) is 4.79 Å². The van der Waals surface area contributed by atoms with E-state index in [1.165, 1.54) is 6.92 Å². The summed E-state index contributed by atoms with van der Waals surface area (Å²) >= 11 is 0. The lowest BCUT2D eigenvalue weighted by Gasteiger charge is -2.24. The molecule has 4 atom stereocenters.